The lowest BCUT2D eigenvalue weighted by molar-refractivity contribution is -0.138. The van der Waals surface area contributed by atoms with E-state index in [1.54, 1.807) is 0 Å². The molecule has 0 aliphatic rings. The topological polar surface area (TPSA) is 75.6 Å². The molecule has 0 saturated heterocycles. The van der Waals surface area contributed by atoms with E-state index in [-0.39, 0.29) is 25.2 Å². The van der Waals surface area contributed by atoms with Gasteiger partial charge >= 0.3 is 5.97 Å². The Labute approximate surface area is 123 Å². The predicted octanol–water partition coefficient (Wildman–Crippen LogP) is 1.93. The van der Waals surface area contributed by atoms with Gasteiger partial charge in [-0.2, -0.15) is 0 Å². The molecule has 1 aromatic rings. The Morgan fingerprint density at radius 3 is 2.48 bits per heavy atom. The second kappa shape index (κ2) is 8.36. The van der Waals surface area contributed by atoms with Gasteiger partial charge in [0.15, 0.2) is 0 Å². The summed E-state index contributed by atoms with van der Waals surface area (Å²) in [5, 5.41) is 11.7. The number of benzene rings is 1. The maximum atomic E-state index is 12.8. The van der Waals surface area contributed by atoms with Crippen molar-refractivity contribution in [3.8, 4) is 0 Å². The van der Waals surface area contributed by atoms with Crippen molar-refractivity contribution >= 4 is 11.9 Å². The standard InChI is InChI=1S/C15H20FNO4/c1-3-10(2)21-9-14(18)17-8-13(15(19)20)11-4-6-12(16)7-5-11/h4-7,10,13H,3,8-9H2,1-2H3,(H,17,18)(H,19,20). The number of carboxylic acids is 1. The molecule has 0 bridgehead atoms. The number of aliphatic carboxylic acids is 1. The van der Waals surface area contributed by atoms with Gasteiger partial charge in [0.1, 0.15) is 12.4 Å². The molecule has 5 nitrogen and oxygen atoms in total. The van der Waals surface area contributed by atoms with Crippen LogP contribution in [0.1, 0.15) is 31.7 Å². The largest absolute Gasteiger partial charge is 0.481 e. The first-order valence-corrected chi connectivity index (χ1v) is 6.80. The van der Waals surface area contributed by atoms with Gasteiger partial charge in [-0.1, -0.05) is 19.1 Å². The number of carbonyl (C=O) groups excluding carboxylic acids is 1. The van der Waals surface area contributed by atoms with Crippen LogP contribution in [-0.2, 0) is 14.3 Å². The van der Waals surface area contributed by atoms with E-state index in [1.807, 2.05) is 13.8 Å². The van der Waals surface area contributed by atoms with Crippen LogP contribution in [-0.4, -0.2) is 36.2 Å². The average molecular weight is 297 g/mol. The van der Waals surface area contributed by atoms with E-state index in [0.29, 0.717) is 5.56 Å². The molecule has 0 fully saturated rings. The summed E-state index contributed by atoms with van der Waals surface area (Å²) in [4.78, 5) is 22.8. The van der Waals surface area contributed by atoms with Crippen molar-refractivity contribution in [1.29, 1.82) is 0 Å². The van der Waals surface area contributed by atoms with Crippen LogP contribution in [0.15, 0.2) is 24.3 Å². The van der Waals surface area contributed by atoms with Crippen LogP contribution in [0, 0.1) is 5.82 Å². The molecule has 21 heavy (non-hydrogen) atoms. The van der Waals surface area contributed by atoms with Gasteiger partial charge in [0.05, 0.1) is 12.0 Å². The van der Waals surface area contributed by atoms with E-state index in [0.717, 1.165) is 6.42 Å². The number of carbonyl (C=O) groups is 2. The van der Waals surface area contributed by atoms with Crippen LogP contribution in [0.25, 0.3) is 0 Å². The lowest BCUT2D eigenvalue weighted by Crippen LogP contribution is -2.34. The molecular formula is C15H20FNO4. The Morgan fingerprint density at radius 1 is 1.33 bits per heavy atom. The highest BCUT2D eigenvalue weighted by atomic mass is 19.1. The van der Waals surface area contributed by atoms with Crippen LogP contribution < -0.4 is 5.32 Å². The van der Waals surface area contributed by atoms with Gasteiger partial charge in [-0.05, 0) is 31.0 Å². The quantitative estimate of drug-likeness (QED) is 0.768. The van der Waals surface area contributed by atoms with Crippen LogP contribution in [0.3, 0.4) is 0 Å². The lowest BCUT2D eigenvalue weighted by Gasteiger charge is -2.15. The van der Waals surface area contributed by atoms with Crippen molar-refractivity contribution in [3.63, 3.8) is 0 Å². The zero-order chi connectivity index (χ0) is 15.8. The molecule has 2 N–H and O–H groups in total. The number of halogens is 1. The van der Waals surface area contributed by atoms with Crippen molar-refractivity contribution in [2.24, 2.45) is 0 Å². The van der Waals surface area contributed by atoms with Gasteiger partial charge in [0.2, 0.25) is 5.91 Å². The van der Waals surface area contributed by atoms with Crippen molar-refractivity contribution in [1.82, 2.24) is 5.32 Å². The fourth-order valence-corrected chi connectivity index (χ4v) is 1.65. The number of hydrogen-bond acceptors (Lipinski definition) is 3. The highest BCUT2D eigenvalue weighted by Gasteiger charge is 2.20. The summed E-state index contributed by atoms with van der Waals surface area (Å²) in [5.74, 6) is -2.81. The van der Waals surface area contributed by atoms with E-state index >= 15 is 0 Å². The monoisotopic (exact) mass is 297 g/mol. The summed E-state index contributed by atoms with van der Waals surface area (Å²) in [5.41, 5.74) is 0.437. The highest BCUT2D eigenvalue weighted by molar-refractivity contribution is 5.80. The summed E-state index contributed by atoms with van der Waals surface area (Å²) in [6.45, 7) is 3.62. The molecular weight excluding hydrogens is 277 g/mol. The van der Waals surface area contributed by atoms with Crippen LogP contribution in [0.5, 0.6) is 0 Å². The van der Waals surface area contributed by atoms with E-state index in [1.165, 1.54) is 24.3 Å². The van der Waals surface area contributed by atoms with Gasteiger partial charge in [-0.25, -0.2) is 4.39 Å². The van der Waals surface area contributed by atoms with Crippen molar-refractivity contribution in [2.45, 2.75) is 32.3 Å². The number of hydrogen-bond donors (Lipinski definition) is 2. The third-order valence-corrected chi connectivity index (χ3v) is 3.15. The molecule has 0 aromatic heterocycles. The number of ether oxygens (including phenoxy) is 1. The second-order valence-electron chi connectivity index (χ2n) is 4.78. The van der Waals surface area contributed by atoms with Crippen LogP contribution in [0.2, 0.25) is 0 Å². The molecule has 2 unspecified atom stereocenters. The Bertz CT molecular complexity index is 475. The molecule has 0 heterocycles. The van der Waals surface area contributed by atoms with Crippen molar-refractivity contribution < 1.29 is 23.8 Å². The molecule has 116 valence electrons. The van der Waals surface area contributed by atoms with Gasteiger partial charge in [-0.15, -0.1) is 0 Å². The summed E-state index contributed by atoms with van der Waals surface area (Å²) in [7, 11) is 0. The minimum absolute atomic E-state index is 0.0249. The van der Waals surface area contributed by atoms with Gasteiger partial charge in [0, 0.05) is 6.54 Å². The first-order chi connectivity index (χ1) is 9.93. The summed E-state index contributed by atoms with van der Waals surface area (Å²) >= 11 is 0. The second-order valence-corrected chi connectivity index (χ2v) is 4.78. The average Bonchev–Trinajstić information content (AvgIpc) is 2.46. The molecule has 0 aliphatic heterocycles. The lowest BCUT2D eigenvalue weighted by atomic mass is 9.99. The molecule has 6 heteroatoms. The third-order valence-electron chi connectivity index (χ3n) is 3.15. The van der Waals surface area contributed by atoms with Gasteiger partial charge < -0.3 is 15.2 Å². The molecule has 1 rings (SSSR count). The van der Waals surface area contributed by atoms with E-state index in [2.05, 4.69) is 5.32 Å². The zero-order valence-corrected chi connectivity index (χ0v) is 12.1. The molecule has 0 spiro atoms. The Morgan fingerprint density at radius 2 is 1.95 bits per heavy atom. The number of rotatable bonds is 8. The van der Waals surface area contributed by atoms with Crippen molar-refractivity contribution in [3.05, 3.63) is 35.6 Å². The maximum absolute atomic E-state index is 12.8. The highest BCUT2D eigenvalue weighted by Crippen LogP contribution is 2.16. The number of nitrogens with one attached hydrogen (secondary N) is 1. The fraction of sp³-hybridized carbons (Fsp3) is 0.467. The summed E-state index contributed by atoms with van der Waals surface area (Å²) in [6.07, 6.45) is 0.767. The van der Waals surface area contributed by atoms with E-state index < -0.39 is 17.7 Å². The van der Waals surface area contributed by atoms with Gasteiger partial charge in [0.25, 0.3) is 0 Å². The zero-order valence-electron chi connectivity index (χ0n) is 12.1. The third kappa shape index (κ3) is 5.91. The van der Waals surface area contributed by atoms with Crippen LogP contribution >= 0.6 is 0 Å². The normalized spacial score (nSPS) is 13.5. The minimum atomic E-state index is -1.08. The molecule has 1 amide bonds. The maximum Gasteiger partial charge on any atom is 0.312 e. The smallest absolute Gasteiger partial charge is 0.312 e. The number of carboxylic acid groups (broad SMARTS) is 1. The Kier molecular flexibility index (Phi) is 6.81. The molecule has 2 atom stereocenters. The first kappa shape index (κ1) is 17.1. The van der Waals surface area contributed by atoms with E-state index in [9.17, 15) is 19.1 Å². The SMILES string of the molecule is CCC(C)OCC(=O)NCC(C(=O)O)c1ccc(F)cc1. The van der Waals surface area contributed by atoms with Crippen LogP contribution in [0.4, 0.5) is 4.39 Å². The van der Waals surface area contributed by atoms with Crippen molar-refractivity contribution in [2.75, 3.05) is 13.2 Å². The first-order valence-electron chi connectivity index (χ1n) is 6.80. The molecule has 0 saturated carbocycles. The van der Waals surface area contributed by atoms with E-state index in [4.69, 9.17) is 4.74 Å². The Hall–Kier alpha value is -1.95. The molecule has 0 aliphatic carbocycles. The Balaban J connectivity index is 2.54. The fourth-order valence-electron chi connectivity index (χ4n) is 1.65. The molecule has 1 aromatic carbocycles. The summed E-state index contributed by atoms with van der Waals surface area (Å²) < 4.78 is 18.1. The van der Waals surface area contributed by atoms with Gasteiger partial charge in [-0.3, -0.25) is 9.59 Å². The minimum Gasteiger partial charge on any atom is -0.481 e. The molecule has 0 radical (unpaired) electrons. The predicted molar refractivity (Wildman–Crippen MR) is 75.5 cm³/mol. The summed E-state index contributed by atoms with van der Waals surface area (Å²) in [6, 6.07) is 5.18. The number of amides is 1.